The van der Waals surface area contributed by atoms with Crippen molar-refractivity contribution in [1.29, 1.82) is 0 Å². The first-order chi connectivity index (χ1) is 14.7. The Labute approximate surface area is 177 Å². The summed E-state index contributed by atoms with van der Waals surface area (Å²) in [4.78, 5) is 33.8. The molecule has 30 heavy (non-hydrogen) atoms. The molecule has 158 valence electrons. The van der Waals surface area contributed by atoms with Gasteiger partial charge in [0.2, 0.25) is 11.7 Å². The summed E-state index contributed by atoms with van der Waals surface area (Å²) in [5, 5.41) is 4.60. The maximum atomic E-state index is 13.1. The monoisotopic (exact) mass is 407 g/mol. The molecule has 2 aromatic rings. The standard InChI is InChI=1S/C23H29N5O2/c29-20-8-4-5-13-27(20)16-17-11-14-26(15-12-17)23(30)21-24-22(18-9-10-18)28(25-21)19-6-2-1-3-7-19/h1-3,6-7,17-18H,4-5,8-16H2. The van der Waals surface area contributed by atoms with E-state index in [0.717, 1.165) is 63.1 Å². The molecule has 3 heterocycles. The van der Waals surface area contributed by atoms with Crippen LogP contribution in [-0.4, -0.2) is 62.6 Å². The Kier molecular flexibility index (Phi) is 5.27. The summed E-state index contributed by atoms with van der Waals surface area (Å²) in [6, 6.07) is 9.94. The summed E-state index contributed by atoms with van der Waals surface area (Å²) in [5.41, 5.74) is 0.954. The lowest BCUT2D eigenvalue weighted by Gasteiger charge is -2.35. The maximum Gasteiger partial charge on any atom is 0.293 e. The van der Waals surface area contributed by atoms with Crippen molar-refractivity contribution in [2.24, 2.45) is 5.92 Å². The van der Waals surface area contributed by atoms with E-state index in [1.807, 2.05) is 44.8 Å². The zero-order chi connectivity index (χ0) is 20.5. The molecule has 1 aromatic heterocycles. The second-order valence-corrected chi connectivity index (χ2v) is 8.85. The molecule has 0 spiro atoms. The number of carbonyl (C=O) groups is 2. The van der Waals surface area contributed by atoms with Crippen LogP contribution in [0.15, 0.2) is 30.3 Å². The highest BCUT2D eigenvalue weighted by molar-refractivity contribution is 5.90. The van der Waals surface area contributed by atoms with Crippen LogP contribution in [0.5, 0.6) is 0 Å². The lowest BCUT2D eigenvalue weighted by Crippen LogP contribution is -2.44. The zero-order valence-electron chi connectivity index (χ0n) is 17.4. The number of para-hydroxylation sites is 1. The number of rotatable bonds is 5. The molecular weight excluding hydrogens is 378 g/mol. The molecule has 0 N–H and O–H groups in total. The summed E-state index contributed by atoms with van der Waals surface area (Å²) in [6.45, 7) is 3.16. The number of nitrogens with zero attached hydrogens (tertiary/aromatic N) is 5. The zero-order valence-corrected chi connectivity index (χ0v) is 17.4. The average molecular weight is 408 g/mol. The third-order valence-corrected chi connectivity index (χ3v) is 6.57. The van der Waals surface area contributed by atoms with Gasteiger partial charge in [-0.25, -0.2) is 9.67 Å². The number of hydrogen-bond donors (Lipinski definition) is 0. The van der Waals surface area contributed by atoms with Crippen molar-refractivity contribution in [3.8, 4) is 5.69 Å². The predicted molar refractivity (Wildman–Crippen MR) is 112 cm³/mol. The van der Waals surface area contributed by atoms with Gasteiger partial charge >= 0.3 is 0 Å². The Morgan fingerprint density at radius 2 is 1.77 bits per heavy atom. The van der Waals surface area contributed by atoms with E-state index in [-0.39, 0.29) is 5.91 Å². The first-order valence-corrected chi connectivity index (χ1v) is 11.3. The van der Waals surface area contributed by atoms with Crippen LogP contribution in [0, 0.1) is 5.92 Å². The molecule has 1 saturated carbocycles. The SMILES string of the molecule is O=C1CCCCN1CC1CCN(C(=O)c2nc(C3CC3)n(-c3ccccc3)n2)CC1. The Morgan fingerprint density at radius 1 is 1.00 bits per heavy atom. The van der Waals surface area contributed by atoms with E-state index < -0.39 is 0 Å². The van der Waals surface area contributed by atoms with Gasteiger partial charge in [-0.3, -0.25) is 9.59 Å². The minimum atomic E-state index is -0.0703. The molecule has 0 bridgehead atoms. The third-order valence-electron chi connectivity index (χ3n) is 6.57. The van der Waals surface area contributed by atoms with Crippen molar-refractivity contribution in [2.45, 2.75) is 50.9 Å². The van der Waals surface area contributed by atoms with Crippen molar-refractivity contribution in [2.75, 3.05) is 26.2 Å². The number of benzene rings is 1. The Morgan fingerprint density at radius 3 is 2.47 bits per heavy atom. The molecular formula is C23H29N5O2. The molecule has 3 aliphatic rings. The summed E-state index contributed by atoms with van der Waals surface area (Å²) in [5.74, 6) is 2.33. The van der Waals surface area contributed by atoms with Crippen molar-refractivity contribution in [3.05, 3.63) is 42.0 Å². The van der Waals surface area contributed by atoms with Gasteiger partial charge in [0.25, 0.3) is 5.91 Å². The summed E-state index contributed by atoms with van der Waals surface area (Å²) in [7, 11) is 0. The predicted octanol–water partition coefficient (Wildman–Crippen LogP) is 3.01. The van der Waals surface area contributed by atoms with Crippen LogP contribution in [0.25, 0.3) is 5.69 Å². The lowest BCUT2D eigenvalue weighted by atomic mass is 9.95. The van der Waals surface area contributed by atoms with Gasteiger partial charge in [0.1, 0.15) is 5.82 Å². The van der Waals surface area contributed by atoms with E-state index in [1.54, 1.807) is 0 Å². The summed E-state index contributed by atoms with van der Waals surface area (Å²) in [6.07, 6.45) is 6.92. The molecule has 7 heteroatoms. The number of hydrogen-bond acceptors (Lipinski definition) is 4. The smallest absolute Gasteiger partial charge is 0.293 e. The highest BCUT2D eigenvalue weighted by Gasteiger charge is 2.33. The Balaban J connectivity index is 1.24. The van der Waals surface area contributed by atoms with Crippen LogP contribution in [-0.2, 0) is 4.79 Å². The second kappa shape index (κ2) is 8.20. The fraction of sp³-hybridized carbons (Fsp3) is 0.565. The van der Waals surface area contributed by atoms with Crippen LogP contribution in [0.2, 0.25) is 0 Å². The number of likely N-dealkylation sites (tertiary alicyclic amines) is 2. The molecule has 0 atom stereocenters. The minimum Gasteiger partial charge on any atom is -0.342 e. The van der Waals surface area contributed by atoms with E-state index in [0.29, 0.717) is 43.1 Å². The summed E-state index contributed by atoms with van der Waals surface area (Å²) < 4.78 is 1.85. The number of aromatic nitrogens is 3. The normalized spacial score (nSPS) is 20.6. The van der Waals surface area contributed by atoms with Crippen LogP contribution in [0.1, 0.15) is 67.3 Å². The molecule has 1 aromatic carbocycles. The van der Waals surface area contributed by atoms with Gasteiger partial charge < -0.3 is 9.80 Å². The Bertz CT molecular complexity index is 913. The van der Waals surface area contributed by atoms with E-state index in [4.69, 9.17) is 0 Å². The van der Waals surface area contributed by atoms with E-state index >= 15 is 0 Å². The maximum absolute atomic E-state index is 13.1. The fourth-order valence-electron chi connectivity index (χ4n) is 4.61. The Hall–Kier alpha value is -2.70. The molecule has 2 saturated heterocycles. The van der Waals surface area contributed by atoms with Gasteiger partial charge in [0.15, 0.2) is 0 Å². The largest absolute Gasteiger partial charge is 0.342 e. The van der Waals surface area contributed by atoms with Crippen LogP contribution in [0.4, 0.5) is 0 Å². The van der Waals surface area contributed by atoms with Gasteiger partial charge in [-0.2, -0.15) is 0 Å². The molecule has 2 aliphatic heterocycles. The van der Waals surface area contributed by atoms with Crippen molar-refractivity contribution < 1.29 is 9.59 Å². The topological polar surface area (TPSA) is 71.3 Å². The van der Waals surface area contributed by atoms with Crippen molar-refractivity contribution >= 4 is 11.8 Å². The van der Waals surface area contributed by atoms with Gasteiger partial charge in [0.05, 0.1) is 5.69 Å². The molecule has 0 radical (unpaired) electrons. The second-order valence-electron chi connectivity index (χ2n) is 8.85. The quantitative estimate of drug-likeness (QED) is 0.764. The molecule has 2 amide bonds. The highest BCUT2D eigenvalue weighted by Crippen LogP contribution is 2.39. The van der Waals surface area contributed by atoms with Crippen molar-refractivity contribution in [3.63, 3.8) is 0 Å². The highest BCUT2D eigenvalue weighted by atomic mass is 16.2. The number of piperidine rings is 2. The third kappa shape index (κ3) is 3.98. The van der Waals surface area contributed by atoms with Crippen LogP contribution < -0.4 is 0 Å². The molecule has 0 unspecified atom stereocenters. The molecule has 5 rings (SSSR count). The van der Waals surface area contributed by atoms with Gasteiger partial charge in [0, 0.05) is 38.5 Å². The van der Waals surface area contributed by atoms with Gasteiger partial charge in [-0.15, -0.1) is 5.10 Å². The lowest BCUT2D eigenvalue weighted by molar-refractivity contribution is -0.134. The van der Waals surface area contributed by atoms with E-state index in [2.05, 4.69) is 10.1 Å². The van der Waals surface area contributed by atoms with E-state index in [1.165, 1.54) is 0 Å². The van der Waals surface area contributed by atoms with Crippen LogP contribution >= 0.6 is 0 Å². The van der Waals surface area contributed by atoms with E-state index in [9.17, 15) is 9.59 Å². The van der Waals surface area contributed by atoms with Gasteiger partial charge in [-0.05, 0) is 56.6 Å². The first-order valence-electron chi connectivity index (χ1n) is 11.3. The summed E-state index contributed by atoms with van der Waals surface area (Å²) >= 11 is 0. The number of amides is 2. The van der Waals surface area contributed by atoms with Crippen LogP contribution in [0.3, 0.4) is 0 Å². The first kappa shape index (κ1) is 19.3. The molecule has 3 fully saturated rings. The molecule has 7 nitrogen and oxygen atoms in total. The fourth-order valence-corrected chi connectivity index (χ4v) is 4.61. The van der Waals surface area contributed by atoms with Gasteiger partial charge in [-0.1, -0.05) is 18.2 Å². The average Bonchev–Trinajstić information content (AvgIpc) is 3.54. The number of carbonyl (C=O) groups excluding carboxylic acids is 2. The molecule has 1 aliphatic carbocycles. The van der Waals surface area contributed by atoms with Crippen molar-refractivity contribution in [1.82, 2.24) is 24.6 Å². The minimum absolute atomic E-state index is 0.0703.